The average Bonchev–Trinajstić information content (AvgIpc) is 3.24. The summed E-state index contributed by atoms with van der Waals surface area (Å²) >= 11 is 30.2. The average molecular weight is 953 g/mol. The number of halogens is 5. The van der Waals surface area contributed by atoms with Crippen molar-refractivity contribution in [2.24, 2.45) is 20.5 Å². The number of azo groups is 2. The molecule has 4 amide bonds. The van der Waals surface area contributed by atoms with Crippen molar-refractivity contribution in [2.75, 3.05) is 27.3 Å². The molecular formula is C43H35Cl5N8O7. The second kappa shape index (κ2) is 22.7. The number of nitrogens with one attached hydrogen (secondary N) is 4. The molecule has 63 heavy (non-hydrogen) atoms. The Balaban J connectivity index is 1.27. The summed E-state index contributed by atoms with van der Waals surface area (Å²) < 4.78 is 5.48. The van der Waals surface area contributed by atoms with Gasteiger partial charge in [0.1, 0.15) is 5.75 Å². The molecule has 2 atom stereocenters. The van der Waals surface area contributed by atoms with E-state index in [9.17, 15) is 28.8 Å². The van der Waals surface area contributed by atoms with Crippen LogP contribution in [0.1, 0.15) is 45.7 Å². The van der Waals surface area contributed by atoms with Crippen LogP contribution in [0.2, 0.25) is 10.0 Å². The number of Topliss-reactive ketones (excluding diaryl/α,β-unsaturated/α-hetero) is 2. The molecule has 0 bridgehead atoms. The monoisotopic (exact) mass is 950 g/mol. The molecule has 0 saturated heterocycles. The Kier molecular flexibility index (Phi) is 17.3. The van der Waals surface area contributed by atoms with Crippen molar-refractivity contribution >= 4 is 127 Å². The summed E-state index contributed by atoms with van der Waals surface area (Å²) in [5, 5.41) is 26.8. The Morgan fingerprint density at radius 3 is 1.46 bits per heavy atom. The van der Waals surface area contributed by atoms with Crippen LogP contribution in [0.15, 0.2) is 124 Å². The molecule has 5 aromatic rings. The van der Waals surface area contributed by atoms with Gasteiger partial charge in [-0.05, 0) is 97.8 Å². The lowest BCUT2D eigenvalue weighted by Gasteiger charge is -2.15. The summed E-state index contributed by atoms with van der Waals surface area (Å²) in [6, 6.07) is 22.7. The smallest absolute Gasteiger partial charge is 0.258 e. The number of hydrogen-bond donors (Lipinski definition) is 4. The number of alkyl halides is 3. The van der Waals surface area contributed by atoms with Gasteiger partial charge in [-0.25, -0.2) is 0 Å². The van der Waals surface area contributed by atoms with Crippen LogP contribution in [0.4, 0.5) is 34.1 Å². The Morgan fingerprint density at radius 1 is 0.556 bits per heavy atom. The van der Waals surface area contributed by atoms with Crippen LogP contribution in [0.3, 0.4) is 0 Å². The topological polar surface area (TPSA) is 209 Å². The van der Waals surface area contributed by atoms with Gasteiger partial charge in [-0.2, -0.15) is 20.5 Å². The Labute approximate surface area is 385 Å². The summed E-state index contributed by atoms with van der Waals surface area (Å²) in [7, 11) is 0. The summed E-state index contributed by atoms with van der Waals surface area (Å²) in [5.41, 5.74) is 3.19. The number of ketones is 2. The van der Waals surface area contributed by atoms with Crippen LogP contribution in [-0.2, 0) is 30.9 Å². The summed E-state index contributed by atoms with van der Waals surface area (Å²) in [6.07, 6.45) is 0. The second-order valence-electron chi connectivity index (χ2n) is 13.4. The third-order valence-corrected chi connectivity index (χ3v) is 9.69. The van der Waals surface area contributed by atoms with Crippen molar-refractivity contribution in [3.63, 3.8) is 0 Å². The number of carbonyl (C=O) groups excluding carboxylic acids is 6. The van der Waals surface area contributed by atoms with E-state index in [2.05, 4.69) is 41.7 Å². The van der Waals surface area contributed by atoms with E-state index in [1.54, 1.807) is 36.4 Å². The maximum atomic E-state index is 13.4. The number of ether oxygens (including phenoxy) is 1. The van der Waals surface area contributed by atoms with E-state index in [0.717, 1.165) is 25.0 Å². The first-order chi connectivity index (χ1) is 30.1. The molecule has 15 nitrogen and oxygen atoms in total. The summed E-state index contributed by atoms with van der Waals surface area (Å²) in [6.45, 7) is 2.28. The molecule has 0 radical (unpaired) electrons. The highest BCUT2D eigenvalue weighted by molar-refractivity contribution is 6.31. The third kappa shape index (κ3) is 13.9. The van der Waals surface area contributed by atoms with E-state index in [-0.39, 0.29) is 67.5 Å². The van der Waals surface area contributed by atoms with Crippen molar-refractivity contribution < 1.29 is 33.5 Å². The van der Waals surface area contributed by atoms with Gasteiger partial charge in [0, 0.05) is 56.1 Å². The van der Waals surface area contributed by atoms with Crippen molar-refractivity contribution in [2.45, 2.75) is 37.7 Å². The molecule has 0 heterocycles. The molecule has 0 aliphatic heterocycles. The van der Waals surface area contributed by atoms with Crippen LogP contribution in [-0.4, -0.2) is 53.3 Å². The molecule has 0 spiro atoms. The van der Waals surface area contributed by atoms with Crippen LogP contribution < -0.4 is 26.0 Å². The quantitative estimate of drug-likeness (QED) is 0.0379. The number of carbonyl (C=O) groups is 6. The molecule has 4 N–H and O–H groups in total. The molecule has 20 heteroatoms. The van der Waals surface area contributed by atoms with E-state index in [1.165, 1.54) is 54.6 Å². The van der Waals surface area contributed by atoms with Gasteiger partial charge in [0.15, 0.2) is 17.6 Å². The van der Waals surface area contributed by atoms with E-state index in [4.69, 9.17) is 62.7 Å². The first-order valence-electron chi connectivity index (χ1n) is 18.5. The summed E-state index contributed by atoms with van der Waals surface area (Å²) in [5.74, 6) is -3.64. The van der Waals surface area contributed by atoms with Crippen molar-refractivity contribution in [3.05, 3.63) is 135 Å². The highest BCUT2D eigenvalue weighted by atomic mass is 35.5. The Morgan fingerprint density at radius 2 is 1.02 bits per heavy atom. The standard InChI is InChI=1S/C43H35Cl5N8O7/c1-23(57)38(55-53-34-15-27(13-29(47)17-34)40(59)49-31-7-3-5-25(11-31)20-44)42(61)51-33-9-10-36(37(19-33)63-22-46)52-43(62)39(24(2)58)56-54-35-16-28(14-30(48)18-35)41(60)50-32-8-4-6-26(12-32)21-45/h3-19,38-39H,20-22H2,1-2H3,(H,49,59)(H,50,60)(H,51,61)(H,52,62). The number of rotatable bonds is 18. The number of nitrogens with zero attached hydrogens (tertiary/aromatic N) is 4. The fourth-order valence-electron chi connectivity index (χ4n) is 5.58. The minimum Gasteiger partial charge on any atom is -0.476 e. The molecule has 5 aromatic carbocycles. The molecule has 0 saturated carbocycles. The van der Waals surface area contributed by atoms with Gasteiger partial charge < -0.3 is 26.0 Å². The van der Waals surface area contributed by atoms with E-state index < -0.39 is 47.3 Å². The molecular weight excluding hydrogens is 918 g/mol. The van der Waals surface area contributed by atoms with Crippen molar-refractivity contribution in [1.82, 2.24) is 0 Å². The largest absolute Gasteiger partial charge is 0.476 e. The van der Waals surface area contributed by atoms with E-state index in [1.807, 2.05) is 12.1 Å². The Hall–Kier alpha value is -6.23. The highest BCUT2D eigenvalue weighted by Gasteiger charge is 2.26. The van der Waals surface area contributed by atoms with E-state index in [0.29, 0.717) is 11.4 Å². The molecule has 324 valence electrons. The number of anilines is 4. The van der Waals surface area contributed by atoms with Crippen molar-refractivity contribution in [3.8, 4) is 5.75 Å². The minimum atomic E-state index is -1.65. The molecule has 5 rings (SSSR count). The minimum absolute atomic E-state index is 0.0300. The normalized spacial score (nSPS) is 12.0. The number of hydrogen-bond acceptors (Lipinski definition) is 11. The zero-order valence-electron chi connectivity index (χ0n) is 33.1. The summed E-state index contributed by atoms with van der Waals surface area (Å²) in [4.78, 5) is 77.9. The molecule has 0 aliphatic rings. The van der Waals surface area contributed by atoms with Gasteiger partial charge in [-0.1, -0.05) is 59.1 Å². The van der Waals surface area contributed by atoms with Crippen molar-refractivity contribution in [1.29, 1.82) is 0 Å². The fourth-order valence-corrected chi connectivity index (χ4v) is 6.48. The maximum absolute atomic E-state index is 13.4. The predicted octanol–water partition coefficient (Wildman–Crippen LogP) is 10.9. The van der Waals surface area contributed by atoms with E-state index >= 15 is 0 Å². The van der Waals surface area contributed by atoms with Gasteiger partial charge in [0.05, 0.1) is 17.1 Å². The first kappa shape index (κ1) is 47.8. The number of amides is 4. The zero-order valence-corrected chi connectivity index (χ0v) is 36.9. The van der Waals surface area contributed by atoms with Gasteiger partial charge in [-0.15, -0.1) is 23.2 Å². The van der Waals surface area contributed by atoms with Crippen LogP contribution in [0.25, 0.3) is 0 Å². The highest BCUT2D eigenvalue weighted by Crippen LogP contribution is 2.30. The molecule has 0 aromatic heterocycles. The lowest BCUT2D eigenvalue weighted by atomic mass is 10.1. The van der Waals surface area contributed by atoms with Crippen LogP contribution >= 0.6 is 58.0 Å². The molecule has 2 unspecified atom stereocenters. The van der Waals surface area contributed by atoms with Crippen LogP contribution in [0, 0.1) is 0 Å². The third-order valence-electron chi connectivity index (χ3n) is 8.53. The molecule has 0 fully saturated rings. The van der Waals surface area contributed by atoms with Gasteiger partial charge in [-0.3, -0.25) is 28.8 Å². The van der Waals surface area contributed by atoms with Gasteiger partial charge in [0.25, 0.3) is 23.6 Å². The lowest BCUT2D eigenvalue weighted by Crippen LogP contribution is -2.32. The number of benzene rings is 5. The maximum Gasteiger partial charge on any atom is 0.258 e. The first-order valence-corrected chi connectivity index (χ1v) is 20.8. The lowest BCUT2D eigenvalue weighted by molar-refractivity contribution is -0.127. The van der Waals surface area contributed by atoms with Crippen LogP contribution in [0.5, 0.6) is 5.75 Å². The Bertz CT molecular complexity index is 2630. The predicted molar refractivity (Wildman–Crippen MR) is 244 cm³/mol. The van der Waals surface area contributed by atoms with Gasteiger partial charge >= 0.3 is 0 Å². The second-order valence-corrected chi connectivity index (χ2v) is 15.0. The fraction of sp³-hybridized carbons (Fsp3) is 0.163. The molecule has 0 aliphatic carbocycles. The zero-order chi connectivity index (χ0) is 45.6. The van der Waals surface area contributed by atoms with Gasteiger partial charge in [0.2, 0.25) is 12.1 Å². The SMILES string of the molecule is CC(=O)C(N=Nc1cc(Cl)cc(C(=O)Nc2cccc(CCl)c2)c1)C(=O)Nc1ccc(NC(=O)C(N=Nc2cc(Cl)cc(C(=O)Nc3cccc(CCl)c3)c2)C(C)=O)c(OCCl)c1.